The Labute approximate surface area is 122 Å². The molecule has 0 aliphatic rings. The van der Waals surface area contributed by atoms with Gasteiger partial charge >= 0.3 is 0 Å². The third-order valence-electron chi connectivity index (χ3n) is 2.73. The fourth-order valence-corrected chi connectivity index (χ4v) is 2.21. The van der Waals surface area contributed by atoms with E-state index in [0.29, 0.717) is 13.0 Å². The van der Waals surface area contributed by atoms with Crippen molar-refractivity contribution in [2.75, 3.05) is 18.4 Å². The molecule has 5 heteroatoms. The third-order valence-corrected chi connectivity index (χ3v) is 3.42. The fraction of sp³-hybridized carbons (Fsp3) is 0.500. The van der Waals surface area contributed by atoms with Crippen molar-refractivity contribution in [3.05, 3.63) is 28.7 Å². The van der Waals surface area contributed by atoms with Crippen LogP contribution in [-0.2, 0) is 4.79 Å². The van der Waals surface area contributed by atoms with Crippen LogP contribution in [0, 0.1) is 0 Å². The Morgan fingerprint density at radius 2 is 2.11 bits per heavy atom. The van der Waals surface area contributed by atoms with Crippen molar-refractivity contribution in [2.24, 2.45) is 0 Å². The number of aliphatic hydroxyl groups is 1. The molecule has 1 unspecified atom stereocenters. The average Bonchev–Trinajstić information content (AvgIpc) is 2.31. The number of amides is 1. The quantitative estimate of drug-likeness (QED) is 0.720. The molecule has 3 N–H and O–H groups in total. The molecule has 0 saturated carbocycles. The van der Waals surface area contributed by atoms with Gasteiger partial charge in [-0.2, -0.15) is 0 Å². The van der Waals surface area contributed by atoms with E-state index in [4.69, 9.17) is 0 Å². The van der Waals surface area contributed by atoms with Crippen molar-refractivity contribution >= 4 is 27.5 Å². The van der Waals surface area contributed by atoms with E-state index in [1.165, 1.54) is 0 Å². The predicted octanol–water partition coefficient (Wildman–Crippen LogP) is 2.53. The first kappa shape index (κ1) is 16.1. The minimum Gasteiger partial charge on any atom is -0.389 e. The van der Waals surface area contributed by atoms with Crippen LogP contribution in [0.2, 0.25) is 0 Å². The van der Waals surface area contributed by atoms with E-state index in [9.17, 15) is 9.90 Å². The molecule has 0 heterocycles. The summed E-state index contributed by atoms with van der Waals surface area (Å²) in [5, 5.41) is 15.7. The summed E-state index contributed by atoms with van der Waals surface area (Å²) in [6.07, 6.45) is 1.63. The van der Waals surface area contributed by atoms with Crippen LogP contribution < -0.4 is 10.6 Å². The van der Waals surface area contributed by atoms with Crippen LogP contribution in [0.4, 0.5) is 5.69 Å². The summed E-state index contributed by atoms with van der Waals surface area (Å²) in [6.45, 7) is 4.38. The average molecular weight is 329 g/mol. The summed E-state index contributed by atoms with van der Waals surface area (Å²) in [7, 11) is 0. The summed E-state index contributed by atoms with van der Waals surface area (Å²) in [6, 6.07) is 7.45. The van der Waals surface area contributed by atoms with Crippen LogP contribution in [-0.4, -0.2) is 29.7 Å². The number of halogens is 1. The van der Waals surface area contributed by atoms with E-state index < -0.39 is 5.60 Å². The van der Waals surface area contributed by atoms with Crippen LogP contribution in [0.25, 0.3) is 0 Å². The second kappa shape index (κ2) is 7.62. The molecule has 0 aromatic heterocycles. The highest BCUT2D eigenvalue weighted by atomic mass is 79.9. The molecule has 1 aromatic rings. The standard InChI is InChI=1S/C14H21BrN2O2/c1-3-8-14(2,19)10-16-9-13(18)17-12-7-5-4-6-11(12)15/h4-7,16,19H,3,8-10H2,1-2H3,(H,17,18). The van der Waals surface area contributed by atoms with Gasteiger partial charge < -0.3 is 15.7 Å². The number of hydrogen-bond donors (Lipinski definition) is 3. The zero-order chi connectivity index (χ0) is 14.3. The number of para-hydroxylation sites is 1. The van der Waals surface area contributed by atoms with E-state index in [2.05, 4.69) is 26.6 Å². The second-order valence-corrected chi connectivity index (χ2v) is 5.73. The van der Waals surface area contributed by atoms with Gasteiger partial charge in [-0.05, 0) is 41.4 Å². The molecule has 1 amide bonds. The van der Waals surface area contributed by atoms with E-state index in [-0.39, 0.29) is 12.5 Å². The summed E-state index contributed by atoms with van der Waals surface area (Å²) in [4.78, 5) is 11.7. The fourth-order valence-electron chi connectivity index (χ4n) is 1.83. The Hall–Kier alpha value is -0.910. The van der Waals surface area contributed by atoms with Crippen LogP contribution in [0.3, 0.4) is 0 Å². The smallest absolute Gasteiger partial charge is 0.238 e. The minimum absolute atomic E-state index is 0.126. The molecule has 1 rings (SSSR count). The maximum absolute atomic E-state index is 11.7. The van der Waals surface area contributed by atoms with Crippen molar-refractivity contribution < 1.29 is 9.90 Å². The highest BCUT2D eigenvalue weighted by Gasteiger charge is 2.18. The summed E-state index contributed by atoms with van der Waals surface area (Å²) in [5.41, 5.74) is -0.0165. The Morgan fingerprint density at radius 1 is 1.42 bits per heavy atom. The molecule has 106 valence electrons. The van der Waals surface area contributed by atoms with Crippen molar-refractivity contribution in [2.45, 2.75) is 32.3 Å². The number of hydrogen-bond acceptors (Lipinski definition) is 3. The summed E-state index contributed by atoms with van der Waals surface area (Å²) in [5.74, 6) is -0.126. The Balaban J connectivity index is 2.35. The van der Waals surface area contributed by atoms with Gasteiger partial charge in [-0.25, -0.2) is 0 Å². The predicted molar refractivity (Wildman–Crippen MR) is 81.2 cm³/mol. The Bertz CT molecular complexity index is 422. The number of benzene rings is 1. The monoisotopic (exact) mass is 328 g/mol. The van der Waals surface area contributed by atoms with E-state index in [1.807, 2.05) is 31.2 Å². The maximum atomic E-state index is 11.7. The summed E-state index contributed by atoms with van der Waals surface area (Å²) < 4.78 is 0.848. The molecule has 0 bridgehead atoms. The van der Waals surface area contributed by atoms with Gasteiger partial charge in [-0.3, -0.25) is 4.79 Å². The van der Waals surface area contributed by atoms with Crippen LogP contribution in [0.15, 0.2) is 28.7 Å². The molecule has 0 saturated heterocycles. The largest absolute Gasteiger partial charge is 0.389 e. The lowest BCUT2D eigenvalue weighted by Crippen LogP contribution is -2.40. The zero-order valence-electron chi connectivity index (χ0n) is 11.4. The van der Waals surface area contributed by atoms with Crippen molar-refractivity contribution in [3.8, 4) is 0 Å². The number of anilines is 1. The first-order chi connectivity index (χ1) is 8.94. The normalized spacial score (nSPS) is 13.9. The molecule has 1 atom stereocenters. The van der Waals surface area contributed by atoms with Crippen molar-refractivity contribution in [3.63, 3.8) is 0 Å². The molecule has 0 radical (unpaired) electrons. The lowest BCUT2D eigenvalue weighted by Gasteiger charge is -2.22. The van der Waals surface area contributed by atoms with Gasteiger partial charge in [-0.15, -0.1) is 0 Å². The Kier molecular flexibility index (Phi) is 6.48. The van der Waals surface area contributed by atoms with Crippen molar-refractivity contribution in [1.29, 1.82) is 0 Å². The van der Waals surface area contributed by atoms with Crippen LogP contribution >= 0.6 is 15.9 Å². The van der Waals surface area contributed by atoms with Crippen molar-refractivity contribution in [1.82, 2.24) is 5.32 Å². The van der Waals surface area contributed by atoms with E-state index >= 15 is 0 Å². The molecule has 1 aromatic carbocycles. The molecule has 0 spiro atoms. The summed E-state index contributed by atoms with van der Waals surface area (Å²) >= 11 is 3.37. The Morgan fingerprint density at radius 3 is 2.74 bits per heavy atom. The molecular formula is C14H21BrN2O2. The molecular weight excluding hydrogens is 308 g/mol. The first-order valence-corrected chi connectivity index (χ1v) is 7.21. The SMILES string of the molecule is CCCC(C)(O)CNCC(=O)Nc1ccccc1Br. The van der Waals surface area contributed by atoms with Gasteiger partial charge in [0.2, 0.25) is 5.91 Å². The van der Waals surface area contributed by atoms with Gasteiger partial charge in [0.25, 0.3) is 0 Å². The molecule has 0 aliphatic heterocycles. The first-order valence-electron chi connectivity index (χ1n) is 6.42. The van der Waals surface area contributed by atoms with Gasteiger partial charge in [0, 0.05) is 11.0 Å². The number of carbonyl (C=O) groups excluding carboxylic acids is 1. The highest BCUT2D eigenvalue weighted by Crippen LogP contribution is 2.20. The van der Waals surface area contributed by atoms with Gasteiger partial charge in [0.15, 0.2) is 0 Å². The molecule has 19 heavy (non-hydrogen) atoms. The van der Waals surface area contributed by atoms with Crippen LogP contribution in [0.1, 0.15) is 26.7 Å². The molecule has 4 nitrogen and oxygen atoms in total. The second-order valence-electron chi connectivity index (χ2n) is 4.88. The lowest BCUT2D eigenvalue weighted by atomic mass is 10.0. The number of rotatable bonds is 7. The third kappa shape index (κ3) is 6.18. The van der Waals surface area contributed by atoms with Gasteiger partial charge in [-0.1, -0.05) is 25.5 Å². The van der Waals surface area contributed by atoms with Gasteiger partial charge in [0.1, 0.15) is 0 Å². The van der Waals surface area contributed by atoms with E-state index in [1.54, 1.807) is 6.92 Å². The lowest BCUT2D eigenvalue weighted by molar-refractivity contribution is -0.115. The zero-order valence-corrected chi connectivity index (χ0v) is 13.0. The number of nitrogens with one attached hydrogen (secondary N) is 2. The molecule has 0 fully saturated rings. The maximum Gasteiger partial charge on any atom is 0.238 e. The van der Waals surface area contributed by atoms with E-state index in [0.717, 1.165) is 16.6 Å². The molecule has 0 aliphatic carbocycles. The number of carbonyl (C=O) groups is 1. The minimum atomic E-state index is -0.762. The van der Waals surface area contributed by atoms with Crippen LogP contribution in [0.5, 0.6) is 0 Å². The topological polar surface area (TPSA) is 61.4 Å². The van der Waals surface area contributed by atoms with Gasteiger partial charge in [0.05, 0.1) is 17.8 Å². The highest BCUT2D eigenvalue weighted by molar-refractivity contribution is 9.10.